The van der Waals surface area contributed by atoms with E-state index < -0.39 is 18.5 Å². The molecule has 0 rings (SSSR count). The lowest BCUT2D eigenvalue weighted by Crippen LogP contribution is -2.12. The Kier molecular flexibility index (Phi) is 4.49. The number of carboxylic acid groups (broad SMARTS) is 1. The van der Waals surface area contributed by atoms with Crippen molar-refractivity contribution in [1.29, 1.82) is 0 Å². The van der Waals surface area contributed by atoms with Crippen LogP contribution in [0.1, 0.15) is 13.3 Å². The number of hydrogen-bond acceptors (Lipinski definition) is 2. The van der Waals surface area contributed by atoms with Gasteiger partial charge in [0.15, 0.2) is 0 Å². The van der Waals surface area contributed by atoms with Crippen LogP contribution < -0.4 is 0 Å². The first-order chi connectivity index (χ1) is 5.02. The highest BCUT2D eigenvalue weighted by Gasteiger charge is 2.11. The van der Waals surface area contributed by atoms with Gasteiger partial charge in [0.05, 0.1) is 6.61 Å². The first-order valence-corrected chi connectivity index (χ1v) is 3.16. The Labute approximate surface area is 63.0 Å². The summed E-state index contributed by atoms with van der Waals surface area (Å²) >= 11 is 0. The predicted octanol–water partition coefficient (Wildman–Crippen LogP) is 1.97. The molecule has 0 saturated heterocycles. The van der Waals surface area contributed by atoms with Crippen molar-refractivity contribution < 1.29 is 23.4 Å². The van der Waals surface area contributed by atoms with Crippen molar-refractivity contribution in [1.82, 2.24) is 0 Å². The summed E-state index contributed by atoms with van der Waals surface area (Å²) in [6.07, 6.45) is -4.15. The Bertz CT molecular complexity index is 127. The third-order valence-corrected chi connectivity index (χ3v) is 1.07. The van der Waals surface area contributed by atoms with E-state index in [-0.39, 0.29) is 13.0 Å². The van der Waals surface area contributed by atoms with E-state index in [1.54, 1.807) is 0 Å². The van der Waals surface area contributed by atoms with Crippen LogP contribution >= 0.6 is 0 Å². The van der Waals surface area contributed by atoms with E-state index in [0.717, 1.165) is 0 Å². The zero-order valence-corrected chi connectivity index (χ0v) is 6.09. The highest BCUT2D eigenvalue weighted by atomic mass is 19.3. The van der Waals surface area contributed by atoms with Gasteiger partial charge in [0.1, 0.15) is 0 Å². The standard InChI is InChI=1S/C6H10F2O3/c1-4(2-5(7)8)3-11-6(9)10/h4-5H,2-3H2,1H3,(H,9,10). The Morgan fingerprint density at radius 3 is 2.55 bits per heavy atom. The maximum absolute atomic E-state index is 11.6. The second-order valence-corrected chi connectivity index (χ2v) is 2.31. The summed E-state index contributed by atoms with van der Waals surface area (Å²) in [6.45, 7) is 1.34. The molecule has 5 heteroatoms. The van der Waals surface area contributed by atoms with Gasteiger partial charge in [-0.1, -0.05) is 6.92 Å². The summed E-state index contributed by atoms with van der Waals surface area (Å²) in [5.41, 5.74) is 0. The number of alkyl halides is 2. The zero-order chi connectivity index (χ0) is 8.85. The van der Waals surface area contributed by atoms with Crippen LogP contribution in [0.4, 0.5) is 13.6 Å². The first kappa shape index (κ1) is 10.1. The van der Waals surface area contributed by atoms with Crippen molar-refractivity contribution in [2.45, 2.75) is 19.8 Å². The molecule has 1 atom stereocenters. The molecular weight excluding hydrogens is 158 g/mol. The van der Waals surface area contributed by atoms with Crippen LogP contribution in [0.3, 0.4) is 0 Å². The Balaban J connectivity index is 3.37. The molecule has 66 valence electrons. The summed E-state index contributed by atoms with van der Waals surface area (Å²) in [4.78, 5) is 9.78. The minimum Gasteiger partial charge on any atom is -0.450 e. The van der Waals surface area contributed by atoms with Crippen LogP contribution in [-0.2, 0) is 4.74 Å². The number of carbonyl (C=O) groups is 1. The molecule has 0 bridgehead atoms. The molecule has 0 heterocycles. The van der Waals surface area contributed by atoms with Crippen molar-refractivity contribution in [2.24, 2.45) is 5.92 Å². The Hall–Kier alpha value is -0.870. The van der Waals surface area contributed by atoms with E-state index in [0.29, 0.717) is 0 Å². The average Bonchev–Trinajstić information content (AvgIpc) is 1.82. The lowest BCUT2D eigenvalue weighted by molar-refractivity contribution is 0.0578. The number of hydrogen-bond donors (Lipinski definition) is 1. The smallest absolute Gasteiger partial charge is 0.450 e. The molecule has 0 aromatic rings. The summed E-state index contributed by atoms with van der Waals surface area (Å²) in [5, 5.41) is 7.99. The summed E-state index contributed by atoms with van der Waals surface area (Å²) in [6, 6.07) is 0. The lowest BCUT2D eigenvalue weighted by Gasteiger charge is -2.08. The normalized spacial score (nSPS) is 13.1. The van der Waals surface area contributed by atoms with E-state index >= 15 is 0 Å². The van der Waals surface area contributed by atoms with Crippen LogP contribution in [-0.4, -0.2) is 24.3 Å². The quantitative estimate of drug-likeness (QED) is 0.653. The molecule has 1 unspecified atom stereocenters. The van der Waals surface area contributed by atoms with E-state index in [2.05, 4.69) is 4.74 Å². The molecule has 0 amide bonds. The molecule has 0 fully saturated rings. The van der Waals surface area contributed by atoms with Crippen molar-refractivity contribution in [3.63, 3.8) is 0 Å². The Morgan fingerprint density at radius 1 is 1.64 bits per heavy atom. The molecule has 0 aromatic heterocycles. The fourth-order valence-electron chi connectivity index (χ4n) is 0.586. The van der Waals surface area contributed by atoms with Gasteiger partial charge in [0.25, 0.3) is 0 Å². The molecule has 3 nitrogen and oxygen atoms in total. The second kappa shape index (κ2) is 4.87. The van der Waals surface area contributed by atoms with Gasteiger partial charge in [0, 0.05) is 6.42 Å². The van der Waals surface area contributed by atoms with Gasteiger partial charge in [0.2, 0.25) is 6.43 Å². The SMILES string of the molecule is CC(COC(=O)O)CC(F)F. The molecule has 11 heavy (non-hydrogen) atoms. The fourth-order valence-corrected chi connectivity index (χ4v) is 0.586. The van der Waals surface area contributed by atoms with Crippen LogP contribution in [0.2, 0.25) is 0 Å². The summed E-state index contributed by atoms with van der Waals surface area (Å²) in [7, 11) is 0. The van der Waals surface area contributed by atoms with E-state index in [4.69, 9.17) is 5.11 Å². The molecular formula is C6H10F2O3. The number of rotatable bonds is 4. The lowest BCUT2D eigenvalue weighted by atomic mass is 10.1. The predicted molar refractivity (Wildman–Crippen MR) is 33.8 cm³/mol. The van der Waals surface area contributed by atoms with Crippen molar-refractivity contribution >= 4 is 6.16 Å². The van der Waals surface area contributed by atoms with Gasteiger partial charge in [-0.25, -0.2) is 13.6 Å². The van der Waals surface area contributed by atoms with Crippen LogP contribution in [0.5, 0.6) is 0 Å². The van der Waals surface area contributed by atoms with Crippen molar-refractivity contribution in [3.8, 4) is 0 Å². The topological polar surface area (TPSA) is 46.5 Å². The fraction of sp³-hybridized carbons (Fsp3) is 0.833. The third-order valence-electron chi connectivity index (χ3n) is 1.07. The maximum Gasteiger partial charge on any atom is 0.505 e. The van der Waals surface area contributed by atoms with Crippen LogP contribution in [0, 0.1) is 5.92 Å². The number of ether oxygens (including phenoxy) is 1. The van der Waals surface area contributed by atoms with Gasteiger partial charge in [-0.3, -0.25) is 0 Å². The third kappa shape index (κ3) is 7.02. The zero-order valence-electron chi connectivity index (χ0n) is 6.09. The molecule has 0 aliphatic carbocycles. The Morgan fingerprint density at radius 2 is 2.18 bits per heavy atom. The largest absolute Gasteiger partial charge is 0.505 e. The first-order valence-electron chi connectivity index (χ1n) is 3.16. The van der Waals surface area contributed by atoms with Gasteiger partial charge in [-0.05, 0) is 5.92 Å². The molecule has 0 aromatic carbocycles. The maximum atomic E-state index is 11.6. The van der Waals surface area contributed by atoms with Crippen molar-refractivity contribution in [2.75, 3.05) is 6.61 Å². The van der Waals surface area contributed by atoms with Crippen LogP contribution in [0.25, 0.3) is 0 Å². The van der Waals surface area contributed by atoms with Gasteiger partial charge in [-0.2, -0.15) is 0 Å². The average molecular weight is 168 g/mol. The second-order valence-electron chi connectivity index (χ2n) is 2.31. The molecule has 1 N–H and O–H groups in total. The minimum absolute atomic E-state index is 0.167. The van der Waals surface area contributed by atoms with Crippen molar-refractivity contribution in [3.05, 3.63) is 0 Å². The van der Waals surface area contributed by atoms with Gasteiger partial charge in [-0.15, -0.1) is 0 Å². The molecule has 0 aliphatic rings. The van der Waals surface area contributed by atoms with Gasteiger partial charge < -0.3 is 9.84 Å². The van der Waals surface area contributed by atoms with Crippen LogP contribution in [0.15, 0.2) is 0 Å². The molecule has 0 aliphatic heterocycles. The molecule has 0 spiro atoms. The van der Waals surface area contributed by atoms with E-state index in [1.165, 1.54) is 6.92 Å². The van der Waals surface area contributed by atoms with E-state index in [9.17, 15) is 13.6 Å². The van der Waals surface area contributed by atoms with Gasteiger partial charge >= 0.3 is 6.16 Å². The summed E-state index contributed by atoms with van der Waals surface area (Å²) < 4.78 is 27.3. The highest BCUT2D eigenvalue weighted by molar-refractivity contribution is 5.56. The highest BCUT2D eigenvalue weighted by Crippen LogP contribution is 2.09. The van der Waals surface area contributed by atoms with E-state index in [1.807, 2.05) is 0 Å². The number of halogens is 2. The summed E-state index contributed by atoms with van der Waals surface area (Å²) in [5.74, 6) is -0.425. The minimum atomic E-state index is -2.40. The molecule has 0 saturated carbocycles. The monoisotopic (exact) mass is 168 g/mol. The molecule has 0 radical (unpaired) electrons.